The fraction of sp³-hybridized carbons (Fsp3) is 0.231. The van der Waals surface area contributed by atoms with Crippen molar-refractivity contribution in [2.24, 2.45) is 5.92 Å². The Morgan fingerprint density at radius 2 is 2.13 bits per heavy atom. The van der Waals surface area contributed by atoms with E-state index in [1.165, 1.54) is 5.70 Å². The summed E-state index contributed by atoms with van der Waals surface area (Å²) in [6.45, 7) is 1.04. The molecule has 0 aromatic rings. The molecule has 0 radical (unpaired) electrons. The Kier molecular flexibility index (Phi) is 1.81. The van der Waals surface area contributed by atoms with Crippen LogP contribution in [0.1, 0.15) is 6.42 Å². The zero-order valence-corrected chi connectivity index (χ0v) is 8.40. The average Bonchev–Trinajstić information content (AvgIpc) is 2.62. The van der Waals surface area contributed by atoms with E-state index < -0.39 is 0 Å². The van der Waals surface area contributed by atoms with E-state index in [-0.39, 0.29) is 0 Å². The first-order valence-corrected chi connectivity index (χ1v) is 5.30. The van der Waals surface area contributed by atoms with E-state index in [0.717, 1.165) is 24.1 Å². The van der Waals surface area contributed by atoms with Gasteiger partial charge in [0.05, 0.1) is 0 Å². The van der Waals surface area contributed by atoms with Crippen LogP contribution < -0.4 is 5.32 Å². The monoisotopic (exact) mass is 199 g/mol. The standard InChI is InChI=1S/C13H13NO/c15-13-4-2-1-3-9-8-12-10(5-6-14-12)7-11(9)13/h1-4,7-8,10,14-15H,5-6H2. The molecular formula is C13H13NO. The van der Waals surface area contributed by atoms with Crippen molar-refractivity contribution in [3.05, 3.63) is 59.1 Å². The Balaban J connectivity index is 2.10. The van der Waals surface area contributed by atoms with Crippen LogP contribution in [0.25, 0.3) is 0 Å². The minimum absolute atomic E-state index is 0.372. The Labute approximate surface area is 89.0 Å². The van der Waals surface area contributed by atoms with Crippen molar-refractivity contribution in [1.29, 1.82) is 0 Å². The van der Waals surface area contributed by atoms with Gasteiger partial charge in [-0.2, -0.15) is 0 Å². The van der Waals surface area contributed by atoms with Gasteiger partial charge >= 0.3 is 0 Å². The van der Waals surface area contributed by atoms with Gasteiger partial charge in [0.2, 0.25) is 0 Å². The van der Waals surface area contributed by atoms with Crippen LogP contribution in [-0.4, -0.2) is 11.7 Å². The Morgan fingerprint density at radius 1 is 1.27 bits per heavy atom. The maximum absolute atomic E-state index is 9.86. The summed E-state index contributed by atoms with van der Waals surface area (Å²) in [4.78, 5) is 0. The van der Waals surface area contributed by atoms with Crippen LogP contribution in [0.5, 0.6) is 0 Å². The molecule has 2 heteroatoms. The number of hydrogen-bond acceptors (Lipinski definition) is 2. The van der Waals surface area contributed by atoms with Gasteiger partial charge in [0, 0.05) is 23.7 Å². The van der Waals surface area contributed by atoms with Crippen LogP contribution in [0.2, 0.25) is 0 Å². The molecule has 0 aromatic heterocycles. The lowest BCUT2D eigenvalue weighted by Gasteiger charge is -2.18. The Bertz CT molecular complexity index is 449. The number of fused-ring (bicyclic) bond motifs is 2. The summed E-state index contributed by atoms with van der Waals surface area (Å²) < 4.78 is 0. The van der Waals surface area contributed by atoms with Crippen LogP contribution in [0.3, 0.4) is 0 Å². The Hall–Kier alpha value is -1.70. The molecule has 1 atom stereocenters. The molecule has 1 unspecified atom stereocenters. The van der Waals surface area contributed by atoms with Crippen molar-refractivity contribution in [3.8, 4) is 0 Å². The number of aliphatic hydroxyl groups is 1. The first kappa shape index (κ1) is 8.60. The predicted molar refractivity (Wildman–Crippen MR) is 60.2 cm³/mol. The zero-order chi connectivity index (χ0) is 10.3. The van der Waals surface area contributed by atoms with Gasteiger partial charge in [0.1, 0.15) is 5.76 Å². The summed E-state index contributed by atoms with van der Waals surface area (Å²) in [5.74, 6) is 0.836. The molecule has 0 saturated carbocycles. The minimum Gasteiger partial charge on any atom is -0.507 e. The highest BCUT2D eigenvalue weighted by Gasteiger charge is 2.25. The summed E-state index contributed by atoms with van der Waals surface area (Å²) in [5, 5.41) is 13.2. The quantitative estimate of drug-likeness (QED) is 0.627. The molecule has 0 aromatic carbocycles. The summed E-state index contributed by atoms with van der Waals surface area (Å²) in [6, 6.07) is 0. The second-order valence-electron chi connectivity index (χ2n) is 4.06. The highest BCUT2D eigenvalue weighted by atomic mass is 16.3. The van der Waals surface area contributed by atoms with Crippen molar-refractivity contribution in [1.82, 2.24) is 5.32 Å². The SMILES string of the molecule is OC1=CC=CC=C2C=C3NCCC3C=C12. The molecule has 1 saturated heterocycles. The van der Waals surface area contributed by atoms with E-state index in [1.54, 1.807) is 6.08 Å². The summed E-state index contributed by atoms with van der Waals surface area (Å²) in [7, 11) is 0. The largest absolute Gasteiger partial charge is 0.507 e. The lowest BCUT2D eigenvalue weighted by atomic mass is 9.89. The van der Waals surface area contributed by atoms with Gasteiger partial charge < -0.3 is 10.4 Å². The van der Waals surface area contributed by atoms with Crippen LogP contribution in [-0.2, 0) is 0 Å². The molecule has 1 heterocycles. The first-order chi connectivity index (χ1) is 7.34. The van der Waals surface area contributed by atoms with E-state index in [2.05, 4.69) is 17.5 Å². The minimum atomic E-state index is 0.372. The van der Waals surface area contributed by atoms with Crippen molar-refractivity contribution < 1.29 is 5.11 Å². The average molecular weight is 199 g/mol. The van der Waals surface area contributed by atoms with Crippen molar-refractivity contribution in [2.75, 3.05) is 6.54 Å². The maximum Gasteiger partial charge on any atom is 0.123 e. The number of aliphatic hydroxyl groups excluding tert-OH is 1. The number of nitrogens with one attached hydrogen (secondary N) is 1. The van der Waals surface area contributed by atoms with E-state index in [9.17, 15) is 5.11 Å². The summed E-state index contributed by atoms with van der Waals surface area (Å²) in [5.41, 5.74) is 3.35. The second-order valence-corrected chi connectivity index (χ2v) is 4.06. The van der Waals surface area contributed by atoms with Gasteiger partial charge in [0.15, 0.2) is 0 Å². The third-order valence-corrected chi connectivity index (χ3v) is 3.09. The first-order valence-electron chi connectivity index (χ1n) is 5.30. The molecule has 0 amide bonds. The number of allylic oxidation sites excluding steroid dienone is 7. The normalized spacial score (nSPS) is 27.6. The molecule has 15 heavy (non-hydrogen) atoms. The zero-order valence-electron chi connectivity index (χ0n) is 8.40. The third-order valence-electron chi connectivity index (χ3n) is 3.09. The van der Waals surface area contributed by atoms with Crippen molar-refractivity contribution in [3.63, 3.8) is 0 Å². The molecule has 76 valence electrons. The topological polar surface area (TPSA) is 32.3 Å². The summed E-state index contributed by atoms with van der Waals surface area (Å²) in [6.07, 6.45) is 13.0. The van der Waals surface area contributed by atoms with Gasteiger partial charge in [-0.3, -0.25) is 0 Å². The number of rotatable bonds is 0. The van der Waals surface area contributed by atoms with Crippen LogP contribution in [0.15, 0.2) is 59.1 Å². The lowest BCUT2D eigenvalue weighted by molar-refractivity contribution is 0.424. The van der Waals surface area contributed by atoms with Gasteiger partial charge in [-0.05, 0) is 24.1 Å². The maximum atomic E-state index is 9.86. The fourth-order valence-electron chi connectivity index (χ4n) is 2.30. The molecule has 1 fully saturated rings. The lowest BCUT2D eigenvalue weighted by Crippen LogP contribution is -2.11. The molecule has 1 aliphatic heterocycles. The highest BCUT2D eigenvalue weighted by molar-refractivity contribution is 5.57. The van der Waals surface area contributed by atoms with Gasteiger partial charge in [0.25, 0.3) is 0 Å². The number of hydrogen-bond donors (Lipinski definition) is 2. The third kappa shape index (κ3) is 1.33. The highest BCUT2D eigenvalue weighted by Crippen LogP contribution is 2.34. The van der Waals surface area contributed by atoms with E-state index in [0.29, 0.717) is 11.7 Å². The molecule has 2 N–H and O–H groups in total. The van der Waals surface area contributed by atoms with Crippen molar-refractivity contribution >= 4 is 0 Å². The summed E-state index contributed by atoms with van der Waals surface area (Å²) >= 11 is 0. The van der Waals surface area contributed by atoms with E-state index >= 15 is 0 Å². The van der Waals surface area contributed by atoms with Crippen LogP contribution in [0, 0.1) is 5.92 Å². The van der Waals surface area contributed by atoms with Gasteiger partial charge in [-0.15, -0.1) is 0 Å². The molecule has 3 aliphatic rings. The Morgan fingerprint density at radius 3 is 3.07 bits per heavy atom. The second kappa shape index (κ2) is 3.16. The van der Waals surface area contributed by atoms with Gasteiger partial charge in [-0.1, -0.05) is 24.3 Å². The van der Waals surface area contributed by atoms with Crippen molar-refractivity contribution in [2.45, 2.75) is 6.42 Å². The molecule has 0 spiro atoms. The fourth-order valence-corrected chi connectivity index (χ4v) is 2.30. The van der Waals surface area contributed by atoms with Gasteiger partial charge in [-0.25, -0.2) is 0 Å². The van der Waals surface area contributed by atoms with E-state index in [1.807, 2.05) is 18.2 Å². The molecule has 2 nitrogen and oxygen atoms in total. The van der Waals surface area contributed by atoms with Crippen LogP contribution in [0.4, 0.5) is 0 Å². The smallest absolute Gasteiger partial charge is 0.123 e. The van der Waals surface area contributed by atoms with E-state index in [4.69, 9.17) is 0 Å². The molecule has 3 rings (SSSR count). The molecular weight excluding hydrogens is 186 g/mol. The molecule has 0 bridgehead atoms. The predicted octanol–water partition coefficient (Wildman–Crippen LogP) is 2.36. The molecule has 2 aliphatic carbocycles. The van der Waals surface area contributed by atoms with Crippen LogP contribution >= 0.6 is 0 Å².